The van der Waals surface area contributed by atoms with Gasteiger partial charge in [0.2, 0.25) is 0 Å². The van der Waals surface area contributed by atoms with Crippen molar-refractivity contribution in [3.05, 3.63) is 28.8 Å². The second-order valence-corrected chi connectivity index (χ2v) is 5.34. The molecule has 0 fully saturated rings. The van der Waals surface area contributed by atoms with Gasteiger partial charge in [-0.05, 0) is 43.5 Å². The summed E-state index contributed by atoms with van der Waals surface area (Å²) in [6.45, 7) is 6.92. The second-order valence-electron chi connectivity index (χ2n) is 5.34. The molecule has 23 heavy (non-hydrogen) atoms. The van der Waals surface area contributed by atoms with Gasteiger partial charge in [0.15, 0.2) is 6.61 Å². The number of rotatable bonds is 10. The van der Waals surface area contributed by atoms with E-state index >= 15 is 0 Å². The molecule has 2 N–H and O–H groups in total. The molecule has 0 atom stereocenters. The van der Waals surface area contributed by atoms with E-state index in [1.54, 1.807) is 26.0 Å². The molecule has 0 aromatic heterocycles. The van der Waals surface area contributed by atoms with Crippen LogP contribution >= 0.6 is 0 Å². The maximum Gasteiger partial charge on any atom is 0.341 e. The number of carboxylic acid groups (broad SMARTS) is 1. The number of carbonyl (C=O) groups excluding carboxylic acids is 1. The summed E-state index contributed by atoms with van der Waals surface area (Å²) in [6.07, 6.45) is 2.10. The summed E-state index contributed by atoms with van der Waals surface area (Å²) in [7, 11) is 0. The van der Waals surface area contributed by atoms with E-state index in [0.29, 0.717) is 31.1 Å². The molecule has 1 aromatic rings. The molecule has 6 heteroatoms. The molecule has 0 spiro atoms. The first-order chi connectivity index (χ1) is 11.0. The fourth-order valence-corrected chi connectivity index (χ4v) is 2.13. The van der Waals surface area contributed by atoms with E-state index in [0.717, 1.165) is 24.0 Å². The van der Waals surface area contributed by atoms with Crippen molar-refractivity contribution in [2.45, 2.75) is 33.6 Å². The first-order valence-corrected chi connectivity index (χ1v) is 7.77. The predicted molar refractivity (Wildman–Crippen MR) is 87.1 cm³/mol. The molecule has 0 unspecified atom stereocenters. The SMILES string of the molecule is CCCCOCCNC(=O)c1cc(C)c(OCC(=O)O)c(C)c1. The van der Waals surface area contributed by atoms with Crippen LogP contribution in [0.1, 0.15) is 41.3 Å². The van der Waals surface area contributed by atoms with Gasteiger partial charge in [-0.3, -0.25) is 4.79 Å². The van der Waals surface area contributed by atoms with Crippen LogP contribution in [0.4, 0.5) is 0 Å². The molecule has 1 aromatic carbocycles. The number of benzene rings is 1. The zero-order chi connectivity index (χ0) is 17.2. The van der Waals surface area contributed by atoms with Gasteiger partial charge in [0, 0.05) is 18.7 Å². The molecule has 0 bridgehead atoms. The topological polar surface area (TPSA) is 84.9 Å². The van der Waals surface area contributed by atoms with Gasteiger partial charge in [-0.25, -0.2) is 4.79 Å². The van der Waals surface area contributed by atoms with Gasteiger partial charge in [0.25, 0.3) is 5.91 Å². The van der Waals surface area contributed by atoms with Gasteiger partial charge in [0.1, 0.15) is 5.75 Å². The molecule has 0 aliphatic heterocycles. The summed E-state index contributed by atoms with van der Waals surface area (Å²) in [5, 5.41) is 11.5. The molecule has 0 saturated carbocycles. The van der Waals surface area contributed by atoms with Crippen molar-refractivity contribution in [1.29, 1.82) is 0 Å². The van der Waals surface area contributed by atoms with Gasteiger partial charge in [-0.2, -0.15) is 0 Å². The third kappa shape index (κ3) is 6.69. The Labute approximate surface area is 136 Å². The van der Waals surface area contributed by atoms with Crippen molar-refractivity contribution in [1.82, 2.24) is 5.32 Å². The average Bonchev–Trinajstić information content (AvgIpc) is 2.49. The minimum Gasteiger partial charge on any atom is -0.481 e. The Kier molecular flexibility index (Phi) is 8.11. The Bertz CT molecular complexity index is 519. The van der Waals surface area contributed by atoms with Crippen molar-refractivity contribution in [2.75, 3.05) is 26.4 Å². The van der Waals surface area contributed by atoms with Crippen molar-refractivity contribution < 1.29 is 24.2 Å². The molecule has 128 valence electrons. The zero-order valence-electron chi connectivity index (χ0n) is 14.0. The van der Waals surface area contributed by atoms with Crippen LogP contribution in [0.2, 0.25) is 0 Å². The van der Waals surface area contributed by atoms with E-state index in [-0.39, 0.29) is 5.91 Å². The van der Waals surface area contributed by atoms with E-state index in [1.807, 2.05) is 0 Å². The number of ether oxygens (including phenoxy) is 2. The Balaban J connectivity index is 2.56. The maximum absolute atomic E-state index is 12.1. The Morgan fingerprint density at radius 3 is 2.39 bits per heavy atom. The summed E-state index contributed by atoms with van der Waals surface area (Å²) in [4.78, 5) is 22.7. The van der Waals surface area contributed by atoms with Crippen LogP contribution in [-0.2, 0) is 9.53 Å². The lowest BCUT2D eigenvalue weighted by Crippen LogP contribution is -2.27. The Morgan fingerprint density at radius 2 is 1.83 bits per heavy atom. The highest BCUT2D eigenvalue weighted by Gasteiger charge is 2.12. The molecule has 1 rings (SSSR count). The van der Waals surface area contributed by atoms with Crippen LogP contribution in [0.15, 0.2) is 12.1 Å². The monoisotopic (exact) mass is 323 g/mol. The predicted octanol–water partition coefficient (Wildman–Crippen LogP) is 2.31. The number of aryl methyl sites for hydroxylation is 2. The summed E-state index contributed by atoms with van der Waals surface area (Å²) in [5.74, 6) is -0.708. The van der Waals surface area contributed by atoms with Gasteiger partial charge in [-0.15, -0.1) is 0 Å². The molecule has 0 heterocycles. The number of hydrogen-bond acceptors (Lipinski definition) is 4. The molecular weight excluding hydrogens is 298 g/mol. The van der Waals surface area contributed by atoms with Gasteiger partial charge < -0.3 is 19.9 Å². The third-order valence-electron chi connectivity index (χ3n) is 3.24. The highest BCUT2D eigenvalue weighted by molar-refractivity contribution is 5.94. The molecular formula is C17H25NO5. The lowest BCUT2D eigenvalue weighted by Gasteiger charge is -2.13. The summed E-state index contributed by atoms with van der Waals surface area (Å²) < 4.78 is 10.6. The molecule has 0 aliphatic carbocycles. The summed E-state index contributed by atoms with van der Waals surface area (Å²) in [6, 6.07) is 3.38. The van der Waals surface area contributed by atoms with Gasteiger partial charge in [-0.1, -0.05) is 13.3 Å². The molecule has 6 nitrogen and oxygen atoms in total. The number of unbranched alkanes of at least 4 members (excludes halogenated alkanes) is 1. The first-order valence-electron chi connectivity index (χ1n) is 7.77. The number of amides is 1. The highest BCUT2D eigenvalue weighted by Crippen LogP contribution is 2.24. The normalized spacial score (nSPS) is 10.4. The lowest BCUT2D eigenvalue weighted by atomic mass is 10.1. The standard InChI is InChI=1S/C17H25NO5/c1-4-5-7-22-8-6-18-17(21)14-9-12(2)16(13(3)10-14)23-11-15(19)20/h9-10H,4-8,11H2,1-3H3,(H,18,21)(H,19,20). The van der Waals surface area contributed by atoms with E-state index in [2.05, 4.69) is 12.2 Å². The van der Waals surface area contributed by atoms with Crippen LogP contribution in [0.25, 0.3) is 0 Å². The van der Waals surface area contributed by atoms with Crippen molar-refractivity contribution >= 4 is 11.9 Å². The average molecular weight is 323 g/mol. The lowest BCUT2D eigenvalue weighted by molar-refractivity contribution is -0.139. The van der Waals surface area contributed by atoms with Gasteiger partial charge >= 0.3 is 5.97 Å². The van der Waals surface area contributed by atoms with E-state index in [4.69, 9.17) is 14.6 Å². The Morgan fingerprint density at radius 1 is 1.17 bits per heavy atom. The molecule has 0 radical (unpaired) electrons. The number of aliphatic carboxylic acids is 1. The van der Waals surface area contributed by atoms with Crippen LogP contribution < -0.4 is 10.1 Å². The number of nitrogens with one attached hydrogen (secondary N) is 1. The first kappa shape index (κ1) is 19.0. The largest absolute Gasteiger partial charge is 0.481 e. The summed E-state index contributed by atoms with van der Waals surface area (Å²) >= 11 is 0. The van der Waals surface area contributed by atoms with E-state index in [1.165, 1.54) is 0 Å². The Hall–Kier alpha value is -2.08. The number of carboxylic acids is 1. The van der Waals surface area contributed by atoms with Crippen LogP contribution in [0, 0.1) is 13.8 Å². The van der Waals surface area contributed by atoms with Crippen molar-refractivity contribution in [3.63, 3.8) is 0 Å². The highest BCUT2D eigenvalue weighted by atomic mass is 16.5. The maximum atomic E-state index is 12.1. The minimum atomic E-state index is -1.03. The summed E-state index contributed by atoms with van der Waals surface area (Å²) in [5.41, 5.74) is 1.99. The molecule has 1 amide bonds. The van der Waals surface area contributed by atoms with E-state index in [9.17, 15) is 9.59 Å². The fourth-order valence-electron chi connectivity index (χ4n) is 2.13. The second kappa shape index (κ2) is 9.84. The number of carbonyl (C=O) groups is 2. The van der Waals surface area contributed by atoms with Gasteiger partial charge in [0.05, 0.1) is 6.61 Å². The minimum absolute atomic E-state index is 0.180. The van der Waals surface area contributed by atoms with Crippen molar-refractivity contribution in [2.24, 2.45) is 0 Å². The third-order valence-corrected chi connectivity index (χ3v) is 3.24. The van der Waals surface area contributed by atoms with E-state index < -0.39 is 12.6 Å². The fraction of sp³-hybridized carbons (Fsp3) is 0.529. The van der Waals surface area contributed by atoms with Crippen LogP contribution in [-0.4, -0.2) is 43.3 Å². The van der Waals surface area contributed by atoms with Crippen LogP contribution in [0.5, 0.6) is 5.75 Å². The molecule has 0 aliphatic rings. The zero-order valence-corrected chi connectivity index (χ0v) is 14.0. The smallest absolute Gasteiger partial charge is 0.341 e. The number of hydrogen-bond donors (Lipinski definition) is 2. The quantitative estimate of drug-likeness (QED) is 0.646. The van der Waals surface area contributed by atoms with Crippen LogP contribution in [0.3, 0.4) is 0 Å². The molecule has 0 saturated heterocycles. The van der Waals surface area contributed by atoms with Crippen molar-refractivity contribution in [3.8, 4) is 5.75 Å².